The number of imidazole rings is 2. The molecule has 8 aromatic carbocycles. The Bertz CT molecular complexity index is 3760. The zero-order valence-corrected chi connectivity index (χ0v) is 36.9. The SMILES string of the molecule is c1ccc(-c2nc3ccccn3c2-c2ccc(N(c3ccc(-c4ccc5c6ccccc6n(-c6ccccc6)c5c4)cc3)c3ccc(-c4c(-c5ccccc5)nc5ccccn45)cc3)cc2)cc1. The van der Waals surface area contributed by atoms with Gasteiger partial charge in [0.1, 0.15) is 11.3 Å². The summed E-state index contributed by atoms with van der Waals surface area (Å²) in [7, 11) is 0. The molecule has 0 saturated carbocycles. The molecule has 13 aromatic rings. The van der Waals surface area contributed by atoms with E-state index in [0.29, 0.717) is 0 Å². The highest BCUT2D eigenvalue weighted by molar-refractivity contribution is 6.10. The summed E-state index contributed by atoms with van der Waals surface area (Å²) in [5, 5.41) is 2.49. The van der Waals surface area contributed by atoms with Crippen LogP contribution < -0.4 is 4.90 Å². The quantitative estimate of drug-likeness (QED) is 0.145. The predicted molar refractivity (Wildman–Crippen MR) is 280 cm³/mol. The molecule has 5 heterocycles. The first kappa shape index (κ1) is 39.1. The molecule has 0 radical (unpaired) electrons. The molecule has 13 rings (SSSR count). The van der Waals surface area contributed by atoms with Gasteiger partial charge in [0.05, 0.1) is 33.8 Å². The van der Waals surface area contributed by atoms with Crippen molar-refractivity contribution in [2.24, 2.45) is 0 Å². The molecule has 320 valence electrons. The Kier molecular flexibility index (Phi) is 9.39. The zero-order valence-electron chi connectivity index (χ0n) is 36.9. The van der Waals surface area contributed by atoms with E-state index < -0.39 is 0 Å². The number of nitrogens with zero attached hydrogens (tertiary/aromatic N) is 6. The van der Waals surface area contributed by atoms with Gasteiger partial charge in [-0.25, -0.2) is 9.97 Å². The van der Waals surface area contributed by atoms with Gasteiger partial charge in [-0.3, -0.25) is 8.80 Å². The molecule has 0 N–H and O–H groups in total. The number of anilines is 3. The van der Waals surface area contributed by atoms with E-state index in [2.05, 4.69) is 249 Å². The van der Waals surface area contributed by atoms with Gasteiger partial charge in [-0.1, -0.05) is 158 Å². The second-order valence-electron chi connectivity index (χ2n) is 17.1. The Labute approximate surface area is 393 Å². The largest absolute Gasteiger partial charge is 0.311 e. The monoisotopic (exact) mass is 870 g/mol. The lowest BCUT2D eigenvalue weighted by Gasteiger charge is -2.26. The van der Waals surface area contributed by atoms with E-state index in [0.717, 1.165) is 90.2 Å². The Balaban J connectivity index is 0.924. The number of fused-ring (bicyclic) bond motifs is 5. The topological polar surface area (TPSA) is 42.8 Å². The fraction of sp³-hybridized carbons (Fsp3) is 0. The number of hydrogen-bond acceptors (Lipinski definition) is 3. The van der Waals surface area contributed by atoms with Crippen molar-refractivity contribution in [3.05, 3.63) is 255 Å². The van der Waals surface area contributed by atoms with Crippen LogP contribution in [-0.2, 0) is 0 Å². The van der Waals surface area contributed by atoms with Crippen LogP contribution in [0.2, 0.25) is 0 Å². The maximum absolute atomic E-state index is 5.11. The van der Waals surface area contributed by atoms with Crippen LogP contribution in [0.1, 0.15) is 0 Å². The molecule has 0 unspecified atom stereocenters. The number of rotatable bonds is 9. The van der Waals surface area contributed by atoms with Crippen LogP contribution >= 0.6 is 0 Å². The number of benzene rings is 8. The summed E-state index contributed by atoms with van der Waals surface area (Å²) in [5.41, 5.74) is 19.2. The van der Waals surface area contributed by atoms with Crippen molar-refractivity contribution < 1.29 is 0 Å². The van der Waals surface area contributed by atoms with Crippen LogP contribution in [-0.4, -0.2) is 23.3 Å². The number of hydrogen-bond donors (Lipinski definition) is 0. The number of para-hydroxylation sites is 2. The summed E-state index contributed by atoms with van der Waals surface area (Å²) in [6, 6.07) is 86.2. The molecule has 0 atom stereocenters. The summed E-state index contributed by atoms with van der Waals surface area (Å²) in [6.45, 7) is 0. The molecule has 68 heavy (non-hydrogen) atoms. The summed E-state index contributed by atoms with van der Waals surface area (Å²) in [5.74, 6) is 0. The molecule has 0 spiro atoms. The number of pyridine rings is 2. The molecule has 0 saturated heterocycles. The molecule has 0 aliphatic carbocycles. The van der Waals surface area contributed by atoms with Gasteiger partial charge >= 0.3 is 0 Å². The van der Waals surface area contributed by atoms with Crippen LogP contribution in [0.5, 0.6) is 0 Å². The molecule has 6 nitrogen and oxygen atoms in total. The second-order valence-corrected chi connectivity index (χ2v) is 17.1. The molecule has 0 fully saturated rings. The van der Waals surface area contributed by atoms with E-state index in [4.69, 9.17) is 9.97 Å². The van der Waals surface area contributed by atoms with Gasteiger partial charge in [0, 0.05) is 68.2 Å². The van der Waals surface area contributed by atoms with E-state index in [-0.39, 0.29) is 0 Å². The first-order valence-corrected chi connectivity index (χ1v) is 23.0. The summed E-state index contributed by atoms with van der Waals surface area (Å²) < 4.78 is 6.75. The molecule has 0 aliphatic rings. The maximum atomic E-state index is 5.11. The van der Waals surface area contributed by atoms with Crippen molar-refractivity contribution in [2.45, 2.75) is 0 Å². The lowest BCUT2D eigenvalue weighted by atomic mass is 10.0. The van der Waals surface area contributed by atoms with E-state index in [9.17, 15) is 0 Å². The third kappa shape index (κ3) is 6.66. The van der Waals surface area contributed by atoms with Crippen LogP contribution in [0, 0.1) is 0 Å². The Morgan fingerprint density at radius 1 is 0.309 bits per heavy atom. The molecule has 0 bridgehead atoms. The molecule has 0 amide bonds. The first-order valence-electron chi connectivity index (χ1n) is 23.0. The van der Waals surface area contributed by atoms with Gasteiger partial charge in [0.15, 0.2) is 0 Å². The van der Waals surface area contributed by atoms with Gasteiger partial charge in [0.2, 0.25) is 0 Å². The highest BCUT2D eigenvalue weighted by Crippen LogP contribution is 2.41. The van der Waals surface area contributed by atoms with E-state index >= 15 is 0 Å². The van der Waals surface area contributed by atoms with Gasteiger partial charge in [-0.2, -0.15) is 0 Å². The van der Waals surface area contributed by atoms with Gasteiger partial charge in [0.25, 0.3) is 0 Å². The molecular formula is C62H42N6. The Morgan fingerprint density at radius 2 is 0.735 bits per heavy atom. The van der Waals surface area contributed by atoms with Gasteiger partial charge < -0.3 is 9.47 Å². The summed E-state index contributed by atoms with van der Waals surface area (Å²) in [6.07, 6.45) is 4.19. The highest BCUT2D eigenvalue weighted by Gasteiger charge is 2.21. The normalized spacial score (nSPS) is 11.5. The fourth-order valence-corrected chi connectivity index (χ4v) is 9.93. The minimum absolute atomic E-state index is 0.911. The number of aromatic nitrogens is 5. The second kappa shape index (κ2) is 16.3. The fourth-order valence-electron chi connectivity index (χ4n) is 9.93. The van der Waals surface area contributed by atoms with Crippen molar-refractivity contribution in [1.82, 2.24) is 23.3 Å². The lowest BCUT2D eigenvalue weighted by molar-refractivity contribution is 1.18. The maximum Gasteiger partial charge on any atom is 0.137 e. The molecule has 0 aliphatic heterocycles. The summed E-state index contributed by atoms with van der Waals surface area (Å²) in [4.78, 5) is 12.6. The van der Waals surface area contributed by atoms with Crippen molar-refractivity contribution in [3.8, 4) is 61.8 Å². The predicted octanol–water partition coefficient (Wildman–Crippen LogP) is 15.9. The molecular weight excluding hydrogens is 829 g/mol. The lowest BCUT2D eigenvalue weighted by Crippen LogP contribution is -2.10. The van der Waals surface area contributed by atoms with E-state index in [1.165, 1.54) is 21.8 Å². The van der Waals surface area contributed by atoms with Crippen molar-refractivity contribution in [1.29, 1.82) is 0 Å². The van der Waals surface area contributed by atoms with Crippen LogP contribution in [0.3, 0.4) is 0 Å². The third-order valence-electron chi connectivity index (χ3n) is 13.1. The molecule has 5 aromatic heterocycles. The minimum atomic E-state index is 0.911. The summed E-state index contributed by atoms with van der Waals surface area (Å²) >= 11 is 0. The van der Waals surface area contributed by atoms with Crippen LogP contribution in [0.25, 0.3) is 94.9 Å². The molecule has 6 heteroatoms. The third-order valence-corrected chi connectivity index (χ3v) is 13.1. The van der Waals surface area contributed by atoms with Crippen molar-refractivity contribution in [2.75, 3.05) is 4.90 Å². The minimum Gasteiger partial charge on any atom is -0.311 e. The highest BCUT2D eigenvalue weighted by atomic mass is 15.1. The van der Waals surface area contributed by atoms with Crippen molar-refractivity contribution >= 4 is 50.2 Å². The van der Waals surface area contributed by atoms with Crippen LogP contribution in [0.4, 0.5) is 17.1 Å². The average molecular weight is 871 g/mol. The smallest absolute Gasteiger partial charge is 0.137 e. The Hall–Kier alpha value is -9.26. The van der Waals surface area contributed by atoms with Gasteiger partial charge in [-0.05, 0) is 96.1 Å². The average Bonchev–Trinajstić information content (AvgIpc) is 4.10. The van der Waals surface area contributed by atoms with Crippen LogP contribution in [0.15, 0.2) is 255 Å². The first-order chi connectivity index (χ1) is 33.7. The van der Waals surface area contributed by atoms with E-state index in [1.807, 2.05) is 24.3 Å². The van der Waals surface area contributed by atoms with E-state index in [1.54, 1.807) is 0 Å². The Morgan fingerprint density at radius 3 is 1.26 bits per heavy atom. The van der Waals surface area contributed by atoms with Crippen molar-refractivity contribution in [3.63, 3.8) is 0 Å². The van der Waals surface area contributed by atoms with Gasteiger partial charge in [-0.15, -0.1) is 0 Å². The standard InChI is InChI=1S/C62H42N6/c1-4-16-44(17-5-1)59-61(65-40-14-12-24-57(65)63-59)46-28-35-51(36-29-46)67(52-37-30-47(31-38-52)62-60(45-18-6-2-7-19-45)64-58-25-13-15-41-66(58)62)50-33-26-43(27-34-50)48-32-39-54-53-22-10-11-23-55(53)68(56(54)42-48)49-20-8-3-9-21-49/h1-42H. The zero-order chi connectivity index (χ0) is 45.0.